The fourth-order valence-electron chi connectivity index (χ4n) is 1.81. The average molecular weight is 223 g/mol. The predicted octanol–water partition coefficient (Wildman–Crippen LogP) is 0.699. The number of aromatic nitrogens is 3. The summed E-state index contributed by atoms with van der Waals surface area (Å²) >= 11 is 0. The Balaban J connectivity index is 2.20. The molecule has 2 heterocycles. The van der Waals surface area contributed by atoms with Gasteiger partial charge in [-0.3, -0.25) is 0 Å². The molecule has 2 rings (SSSR count). The number of rotatable bonds is 3. The molecule has 0 bridgehead atoms. The van der Waals surface area contributed by atoms with Gasteiger partial charge in [0, 0.05) is 13.1 Å². The molecule has 1 aliphatic heterocycles. The second-order valence-electron chi connectivity index (χ2n) is 4.05. The summed E-state index contributed by atoms with van der Waals surface area (Å²) in [5.74, 6) is 1.52. The van der Waals surface area contributed by atoms with Gasteiger partial charge in [0.05, 0.1) is 6.61 Å². The second-order valence-corrected chi connectivity index (χ2v) is 4.05. The van der Waals surface area contributed by atoms with Gasteiger partial charge in [0.25, 0.3) is 0 Å². The summed E-state index contributed by atoms with van der Waals surface area (Å²) < 4.78 is 5.24. The largest absolute Gasteiger partial charge is 0.464 e. The van der Waals surface area contributed by atoms with Crippen molar-refractivity contribution in [2.24, 2.45) is 5.92 Å². The van der Waals surface area contributed by atoms with Crippen LogP contribution in [0.3, 0.4) is 0 Å². The fourth-order valence-corrected chi connectivity index (χ4v) is 1.81. The number of ether oxygens (including phenoxy) is 1. The Hall–Kier alpha value is -1.59. The van der Waals surface area contributed by atoms with Crippen LogP contribution < -0.4 is 15.4 Å². The molecule has 0 aromatic carbocycles. The van der Waals surface area contributed by atoms with E-state index >= 15 is 0 Å². The normalized spacial score (nSPS) is 20.1. The van der Waals surface area contributed by atoms with Crippen molar-refractivity contribution in [3.8, 4) is 6.01 Å². The standard InChI is InChI=1S/C10H17N5O/c1-3-16-10-13-8(11)12-9(14-10)15-5-4-7(2)6-15/h7H,3-6H2,1-2H3,(H2,11,12,13,14). The maximum Gasteiger partial charge on any atom is 0.323 e. The second kappa shape index (κ2) is 4.51. The van der Waals surface area contributed by atoms with E-state index in [1.165, 1.54) is 0 Å². The van der Waals surface area contributed by atoms with Gasteiger partial charge < -0.3 is 15.4 Å². The first-order valence-corrected chi connectivity index (χ1v) is 5.58. The quantitative estimate of drug-likeness (QED) is 0.812. The third-order valence-corrected chi connectivity index (χ3v) is 2.60. The smallest absolute Gasteiger partial charge is 0.323 e. The van der Waals surface area contributed by atoms with Gasteiger partial charge in [0.15, 0.2) is 0 Å². The van der Waals surface area contributed by atoms with E-state index in [9.17, 15) is 0 Å². The Labute approximate surface area is 94.9 Å². The van der Waals surface area contributed by atoms with Crippen LogP contribution in [-0.2, 0) is 0 Å². The van der Waals surface area contributed by atoms with E-state index in [-0.39, 0.29) is 5.95 Å². The van der Waals surface area contributed by atoms with Crippen LogP contribution in [0.25, 0.3) is 0 Å². The molecular weight excluding hydrogens is 206 g/mol. The Bertz CT molecular complexity index is 370. The number of nitrogen functional groups attached to an aromatic ring is 1. The lowest BCUT2D eigenvalue weighted by Crippen LogP contribution is -2.22. The molecule has 1 saturated heterocycles. The predicted molar refractivity (Wildman–Crippen MR) is 61.4 cm³/mol. The van der Waals surface area contributed by atoms with E-state index in [0.29, 0.717) is 24.5 Å². The number of anilines is 2. The van der Waals surface area contributed by atoms with Gasteiger partial charge in [-0.25, -0.2) is 0 Å². The maximum absolute atomic E-state index is 5.62. The lowest BCUT2D eigenvalue weighted by Gasteiger charge is -2.16. The first-order valence-electron chi connectivity index (χ1n) is 5.58. The average Bonchev–Trinajstić information content (AvgIpc) is 2.64. The van der Waals surface area contributed by atoms with Crippen LogP contribution in [0, 0.1) is 5.92 Å². The summed E-state index contributed by atoms with van der Waals surface area (Å²) in [5.41, 5.74) is 5.62. The molecule has 1 atom stereocenters. The van der Waals surface area contributed by atoms with Crippen LogP contribution in [0.1, 0.15) is 20.3 Å². The molecule has 1 aromatic heterocycles. The van der Waals surface area contributed by atoms with Gasteiger partial charge in [-0.05, 0) is 19.3 Å². The molecule has 0 aliphatic carbocycles. The molecule has 16 heavy (non-hydrogen) atoms. The van der Waals surface area contributed by atoms with Crippen LogP contribution in [0.4, 0.5) is 11.9 Å². The topological polar surface area (TPSA) is 77.2 Å². The van der Waals surface area contributed by atoms with E-state index in [1.807, 2.05) is 6.92 Å². The van der Waals surface area contributed by atoms with Gasteiger partial charge in [-0.1, -0.05) is 6.92 Å². The van der Waals surface area contributed by atoms with Crippen molar-refractivity contribution in [3.63, 3.8) is 0 Å². The summed E-state index contributed by atoms with van der Waals surface area (Å²) in [6.07, 6.45) is 1.16. The molecule has 1 unspecified atom stereocenters. The Morgan fingerprint density at radius 1 is 1.44 bits per heavy atom. The summed E-state index contributed by atoms with van der Waals surface area (Å²) in [5, 5.41) is 0. The summed E-state index contributed by atoms with van der Waals surface area (Å²) in [6.45, 7) is 6.57. The molecule has 0 amide bonds. The van der Waals surface area contributed by atoms with Crippen molar-refractivity contribution >= 4 is 11.9 Å². The van der Waals surface area contributed by atoms with Crippen LogP contribution in [0.15, 0.2) is 0 Å². The minimum Gasteiger partial charge on any atom is -0.464 e. The highest BCUT2D eigenvalue weighted by molar-refractivity contribution is 5.37. The highest BCUT2D eigenvalue weighted by atomic mass is 16.5. The van der Waals surface area contributed by atoms with Crippen molar-refractivity contribution in [1.29, 1.82) is 0 Å². The van der Waals surface area contributed by atoms with Gasteiger partial charge in [0.1, 0.15) is 0 Å². The number of hydrogen-bond acceptors (Lipinski definition) is 6. The zero-order chi connectivity index (χ0) is 11.5. The zero-order valence-corrected chi connectivity index (χ0v) is 9.68. The van der Waals surface area contributed by atoms with Crippen molar-refractivity contribution in [2.45, 2.75) is 20.3 Å². The van der Waals surface area contributed by atoms with Gasteiger partial charge >= 0.3 is 6.01 Å². The highest BCUT2D eigenvalue weighted by Crippen LogP contribution is 2.21. The van der Waals surface area contributed by atoms with Gasteiger partial charge in [-0.2, -0.15) is 15.0 Å². The van der Waals surface area contributed by atoms with Crippen molar-refractivity contribution in [2.75, 3.05) is 30.3 Å². The Morgan fingerprint density at radius 2 is 2.25 bits per heavy atom. The molecule has 0 saturated carbocycles. The summed E-state index contributed by atoms with van der Waals surface area (Å²) in [6, 6.07) is 0.310. The first-order chi connectivity index (χ1) is 7.69. The van der Waals surface area contributed by atoms with Crippen molar-refractivity contribution in [3.05, 3.63) is 0 Å². The van der Waals surface area contributed by atoms with Crippen LogP contribution in [-0.4, -0.2) is 34.6 Å². The van der Waals surface area contributed by atoms with Crippen LogP contribution in [0.2, 0.25) is 0 Å². The molecule has 6 heteroatoms. The molecule has 1 aromatic rings. The van der Waals surface area contributed by atoms with Crippen LogP contribution >= 0.6 is 0 Å². The fraction of sp³-hybridized carbons (Fsp3) is 0.700. The molecule has 2 N–H and O–H groups in total. The van der Waals surface area contributed by atoms with Crippen molar-refractivity contribution < 1.29 is 4.74 Å². The van der Waals surface area contributed by atoms with E-state index in [1.54, 1.807) is 0 Å². The van der Waals surface area contributed by atoms with Gasteiger partial charge in [0.2, 0.25) is 11.9 Å². The minimum atomic E-state index is 0.216. The molecule has 1 fully saturated rings. The third-order valence-electron chi connectivity index (χ3n) is 2.60. The number of nitrogens with two attached hydrogens (primary N) is 1. The molecule has 0 spiro atoms. The number of hydrogen-bond donors (Lipinski definition) is 1. The van der Waals surface area contributed by atoms with E-state index in [2.05, 4.69) is 26.8 Å². The first kappa shape index (κ1) is 10.9. The Morgan fingerprint density at radius 3 is 2.88 bits per heavy atom. The number of nitrogens with zero attached hydrogens (tertiary/aromatic N) is 4. The van der Waals surface area contributed by atoms with Gasteiger partial charge in [-0.15, -0.1) is 0 Å². The lowest BCUT2D eigenvalue weighted by atomic mass is 10.2. The maximum atomic E-state index is 5.62. The summed E-state index contributed by atoms with van der Waals surface area (Å²) in [7, 11) is 0. The van der Waals surface area contributed by atoms with Crippen LogP contribution in [0.5, 0.6) is 6.01 Å². The molecule has 1 aliphatic rings. The minimum absolute atomic E-state index is 0.216. The highest BCUT2D eigenvalue weighted by Gasteiger charge is 2.22. The molecule has 88 valence electrons. The molecule has 0 radical (unpaired) electrons. The monoisotopic (exact) mass is 223 g/mol. The Kier molecular flexibility index (Phi) is 3.07. The summed E-state index contributed by atoms with van der Waals surface area (Å²) in [4.78, 5) is 14.4. The third kappa shape index (κ3) is 2.32. The molecular formula is C10H17N5O. The van der Waals surface area contributed by atoms with E-state index < -0.39 is 0 Å². The molecule has 6 nitrogen and oxygen atoms in total. The lowest BCUT2D eigenvalue weighted by molar-refractivity contribution is 0.312. The zero-order valence-electron chi connectivity index (χ0n) is 9.68. The van der Waals surface area contributed by atoms with E-state index in [0.717, 1.165) is 19.5 Å². The van der Waals surface area contributed by atoms with E-state index in [4.69, 9.17) is 10.5 Å². The SMILES string of the molecule is CCOc1nc(N)nc(N2CCC(C)C2)n1. The van der Waals surface area contributed by atoms with Crippen molar-refractivity contribution in [1.82, 2.24) is 15.0 Å².